The van der Waals surface area contributed by atoms with Gasteiger partial charge in [0.25, 0.3) is 0 Å². The van der Waals surface area contributed by atoms with Gasteiger partial charge in [0.1, 0.15) is 0 Å². The number of nitrogens with zero attached hydrogens (tertiary/aromatic N) is 1. The molecule has 1 aliphatic carbocycles. The number of nitrogens with one attached hydrogen (secondary N) is 1. The first-order valence-corrected chi connectivity index (χ1v) is 6.04. The predicted octanol–water partition coefficient (Wildman–Crippen LogP) is 0.722. The molecule has 0 unspecified atom stereocenters. The predicted molar refractivity (Wildman–Crippen MR) is 54.3 cm³/mol. The van der Waals surface area contributed by atoms with Crippen LogP contribution in [0.1, 0.15) is 12.8 Å². The standard InChI is InChI=1S/C9H16N2OS/c1-13-11-5-7(6-11)4-10-9(12)8-2-3-8/h7-8H,2-6H2,1H3,(H,10,12). The summed E-state index contributed by atoms with van der Waals surface area (Å²) in [5.74, 6) is 1.33. The van der Waals surface area contributed by atoms with Crippen molar-refractivity contribution in [2.75, 3.05) is 25.9 Å². The zero-order chi connectivity index (χ0) is 9.26. The number of amides is 1. The lowest BCUT2D eigenvalue weighted by Crippen LogP contribution is -2.48. The molecule has 0 bridgehead atoms. The van der Waals surface area contributed by atoms with Crippen molar-refractivity contribution in [1.29, 1.82) is 0 Å². The van der Waals surface area contributed by atoms with Gasteiger partial charge in [0.2, 0.25) is 5.91 Å². The van der Waals surface area contributed by atoms with E-state index in [2.05, 4.69) is 15.9 Å². The van der Waals surface area contributed by atoms with E-state index in [-0.39, 0.29) is 5.91 Å². The molecule has 0 radical (unpaired) electrons. The SMILES string of the molecule is CSN1CC(CNC(=O)C2CC2)C1. The molecular formula is C9H16N2OS. The largest absolute Gasteiger partial charge is 0.355 e. The van der Waals surface area contributed by atoms with Crippen LogP contribution < -0.4 is 5.32 Å². The van der Waals surface area contributed by atoms with E-state index in [1.807, 2.05) is 0 Å². The van der Waals surface area contributed by atoms with Crippen molar-refractivity contribution in [2.45, 2.75) is 12.8 Å². The monoisotopic (exact) mass is 200 g/mol. The highest BCUT2D eigenvalue weighted by Crippen LogP contribution is 2.29. The Hall–Kier alpha value is -0.220. The zero-order valence-corrected chi connectivity index (χ0v) is 8.77. The van der Waals surface area contributed by atoms with Crippen LogP contribution in [0.5, 0.6) is 0 Å². The molecule has 4 heteroatoms. The fourth-order valence-electron chi connectivity index (χ4n) is 1.54. The van der Waals surface area contributed by atoms with Crippen molar-refractivity contribution < 1.29 is 4.79 Å². The molecule has 1 heterocycles. The third-order valence-electron chi connectivity index (χ3n) is 2.69. The highest BCUT2D eigenvalue weighted by Gasteiger charge is 2.31. The maximum absolute atomic E-state index is 11.3. The molecule has 0 aromatic rings. The Labute approximate surface area is 83.4 Å². The van der Waals surface area contributed by atoms with Crippen molar-refractivity contribution in [3.63, 3.8) is 0 Å². The van der Waals surface area contributed by atoms with Gasteiger partial charge in [-0.2, -0.15) is 0 Å². The fourth-order valence-corrected chi connectivity index (χ4v) is 2.26. The van der Waals surface area contributed by atoms with Gasteiger partial charge in [-0.15, -0.1) is 0 Å². The molecular weight excluding hydrogens is 184 g/mol. The first-order valence-electron chi connectivity index (χ1n) is 4.86. The lowest BCUT2D eigenvalue weighted by atomic mass is 10.0. The van der Waals surface area contributed by atoms with Gasteiger partial charge in [0.05, 0.1) is 0 Å². The summed E-state index contributed by atoms with van der Waals surface area (Å²) in [6, 6.07) is 0. The van der Waals surface area contributed by atoms with Crippen LogP contribution in [0.2, 0.25) is 0 Å². The van der Waals surface area contributed by atoms with Crippen molar-refractivity contribution in [3.8, 4) is 0 Å². The Kier molecular flexibility index (Phi) is 2.79. The van der Waals surface area contributed by atoms with Crippen LogP contribution in [0.25, 0.3) is 0 Å². The highest BCUT2D eigenvalue weighted by molar-refractivity contribution is 7.96. The Morgan fingerprint density at radius 3 is 2.77 bits per heavy atom. The summed E-state index contributed by atoms with van der Waals surface area (Å²) in [6.45, 7) is 3.14. The second-order valence-electron chi connectivity index (χ2n) is 3.91. The molecule has 3 nitrogen and oxygen atoms in total. The smallest absolute Gasteiger partial charge is 0.223 e. The zero-order valence-electron chi connectivity index (χ0n) is 7.95. The number of rotatable bonds is 4. The second-order valence-corrected chi connectivity index (χ2v) is 4.80. The van der Waals surface area contributed by atoms with Gasteiger partial charge in [-0.1, -0.05) is 11.9 Å². The van der Waals surface area contributed by atoms with E-state index >= 15 is 0 Å². The van der Waals surface area contributed by atoms with E-state index < -0.39 is 0 Å². The van der Waals surface area contributed by atoms with Crippen LogP contribution in [-0.2, 0) is 4.79 Å². The molecule has 0 atom stereocenters. The summed E-state index contributed by atoms with van der Waals surface area (Å²) in [6.07, 6.45) is 4.31. The van der Waals surface area contributed by atoms with Gasteiger partial charge in [-0.25, -0.2) is 0 Å². The van der Waals surface area contributed by atoms with Crippen LogP contribution in [-0.4, -0.2) is 36.1 Å². The van der Waals surface area contributed by atoms with E-state index in [1.54, 1.807) is 11.9 Å². The average Bonchev–Trinajstić information content (AvgIpc) is 2.83. The molecule has 2 rings (SSSR count). The molecule has 74 valence electrons. The average molecular weight is 200 g/mol. The van der Waals surface area contributed by atoms with Gasteiger partial charge >= 0.3 is 0 Å². The molecule has 0 spiro atoms. The summed E-state index contributed by atoms with van der Waals surface area (Å²) in [5, 5.41) is 3.02. The minimum atomic E-state index is 0.280. The Morgan fingerprint density at radius 1 is 1.54 bits per heavy atom. The van der Waals surface area contributed by atoms with Crippen LogP contribution in [0.3, 0.4) is 0 Å². The molecule has 1 saturated heterocycles. The number of carbonyl (C=O) groups is 1. The molecule has 13 heavy (non-hydrogen) atoms. The molecule has 2 aliphatic rings. The van der Waals surface area contributed by atoms with E-state index in [9.17, 15) is 4.79 Å². The second kappa shape index (κ2) is 3.88. The normalized spacial score (nSPS) is 24.1. The van der Waals surface area contributed by atoms with E-state index in [0.29, 0.717) is 11.8 Å². The molecule has 1 N–H and O–H groups in total. The molecule has 1 saturated carbocycles. The van der Waals surface area contributed by atoms with E-state index in [0.717, 1.165) is 32.5 Å². The Bertz CT molecular complexity index is 200. The maximum atomic E-state index is 11.3. The van der Waals surface area contributed by atoms with Crippen LogP contribution >= 0.6 is 11.9 Å². The first-order chi connectivity index (χ1) is 6.29. The van der Waals surface area contributed by atoms with Crippen molar-refractivity contribution >= 4 is 17.9 Å². The number of hydrogen-bond donors (Lipinski definition) is 1. The molecule has 1 aliphatic heterocycles. The third kappa shape index (κ3) is 2.38. The van der Waals surface area contributed by atoms with Crippen LogP contribution in [0.15, 0.2) is 0 Å². The summed E-state index contributed by atoms with van der Waals surface area (Å²) < 4.78 is 2.31. The molecule has 0 aromatic heterocycles. The van der Waals surface area contributed by atoms with E-state index in [4.69, 9.17) is 0 Å². The summed E-state index contributed by atoms with van der Waals surface area (Å²) in [4.78, 5) is 11.3. The van der Waals surface area contributed by atoms with Gasteiger partial charge in [-0.05, 0) is 19.1 Å². The lowest BCUT2D eigenvalue weighted by molar-refractivity contribution is -0.122. The van der Waals surface area contributed by atoms with Gasteiger partial charge in [-0.3, -0.25) is 9.10 Å². The molecule has 1 amide bonds. The van der Waals surface area contributed by atoms with Crippen LogP contribution in [0, 0.1) is 11.8 Å². The van der Waals surface area contributed by atoms with Gasteiger partial charge in [0.15, 0.2) is 0 Å². The Balaban J connectivity index is 1.56. The minimum Gasteiger partial charge on any atom is -0.355 e. The maximum Gasteiger partial charge on any atom is 0.223 e. The Morgan fingerprint density at radius 2 is 2.23 bits per heavy atom. The number of hydrogen-bond acceptors (Lipinski definition) is 3. The summed E-state index contributed by atoms with van der Waals surface area (Å²) in [7, 11) is 0. The lowest BCUT2D eigenvalue weighted by Gasteiger charge is -2.37. The quantitative estimate of drug-likeness (QED) is 0.679. The van der Waals surface area contributed by atoms with Crippen molar-refractivity contribution in [2.24, 2.45) is 11.8 Å². The molecule has 2 fully saturated rings. The van der Waals surface area contributed by atoms with Gasteiger partial charge < -0.3 is 5.32 Å². The van der Waals surface area contributed by atoms with Gasteiger partial charge in [0, 0.05) is 31.5 Å². The number of carbonyl (C=O) groups excluding carboxylic acids is 1. The molecule has 0 aromatic carbocycles. The van der Waals surface area contributed by atoms with Crippen LogP contribution in [0.4, 0.5) is 0 Å². The summed E-state index contributed by atoms with van der Waals surface area (Å²) >= 11 is 1.79. The van der Waals surface area contributed by atoms with E-state index in [1.165, 1.54) is 0 Å². The van der Waals surface area contributed by atoms with Crippen molar-refractivity contribution in [1.82, 2.24) is 9.62 Å². The topological polar surface area (TPSA) is 32.3 Å². The minimum absolute atomic E-state index is 0.280. The van der Waals surface area contributed by atoms with Crippen molar-refractivity contribution in [3.05, 3.63) is 0 Å². The third-order valence-corrected chi connectivity index (χ3v) is 3.51. The first kappa shape index (κ1) is 9.34. The highest BCUT2D eigenvalue weighted by atomic mass is 32.2. The summed E-state index contributed by atoms with van der Waals surface area (Å²) in [5.41, 5.74) is 0. The fraction of sp³-hybridized carbons (Fsp3) is 0.889.